The Bertz CT molecular complexity index is 1210. The Morgan fingerprint density at radius 1 is 1.16 bits per heavy atom. The summed E-state index contributed by atoms with van der Waals surface area (Å²) in [4.78, 5) is 38.3. The van der Waals surface area contributed by atoms with Gasteiger partial charge < -0.3 is 15.1 Å². The number of carbonyl (C=O) groups is 2. The number of nitrogens with one attached hydrogen (secondary N) is 2. The lowest BCUT2D eigenvalue weighted by Crippen LogP contribution is -2.41. The van der Waals surface area contributed by atoms with Crippen molar-refractivity contribution >= 4 is 45.8 Å². The van der Waals surface area contributed by atoms with Gasteiger partial charge in [-0.2, -0.15) is 5.10 Å². The number of H-pyrrole nitrogens is 1. The quantitative estimate of drug-likeness (QED) is 0.418. The molecule has 1 atom stereocenters. The normalized spacial score (nSPS) is 13.3. The number of carbonyl (C=O) groups excluding carboxylic acids is 2. The second kappa shape index (κ2) is 13.4. The number of aryl methyl sites for hydroxylation is 1. The number of aromatic amines is 1. The first-order valence-electron chi connectivity index (χ1n) is 12.9. The highest BCUT2D eigenvalue weighted by molar-refractivity contribution is 7.12. The average Bonchev–Trinajstić information content (AvgIpc) is 3.53. The van der Waals surface area contributed by atoms with Gasteiger partial charge in [-0.3, -0.25) is 19.7 Å². The molecule has 3 aromatic rings. The number of anilines is 1. The van der Waals surface area contributed by atoms with Crippen molar-refractivity contribution in [2.45, 2.75) is 52.9 Å². The summed E-state index contributed by atoms with van der Waals surface area (Å²) in [6.07, 6.45) is 12.7. The van der Waals surface area contributed by atoms with E-state index in [0.29, 0.717) is 36.1 Å². The van der Waals surface area contributed by atoms with Crippen molar-refractivity contribution in [2.24, 2.45) is 5.92 Å². The van der Waals surface area contributed by atoms with Gasteiger partial charge in [0.15, 0.2) is 0 Å². The minimum Gasteiger partial charge on any atom is -0.334 e. The number of thiazole rings is 1. The monoisotopic (exact) mass is 525 g/mol. The standard InChI is InChI=1S/C14H19N5O2.C13H20N2S/c1-4-19(8-9(2)3)14(21)13(20)17-11-7-15-5-10-6-16-18-12(10)11;1-4-10(9-15(2)3)13-14-11-7-5-6-8-12(11)16-13/h5-7,9H,4,8H2,1-3H3,(H,16,18)(H,17,20);5,7,10H,4,6,8-9H2,1-3H3. The molecule has 1 aliphatic carbocycles. The van der Waals surface area contributed by atoms with Crippen LogP contribution in [0.4, 0.5) is 5.69 Å². The summed E-state index contributed by atoms with van der Waals surface area (Å²) in [5.74, 6) is -0.303. The van der Waals surface area contributed by atoms with Crippen LogP contribution in [0.2, 0.25) is 0 Å². The smallest absolute Gasteiger partial charge is 0.314 e. The molecule has 0 spiro atoms. The van der Waals surface area contributed by atoms with Gasteiger partial charge in [0.25, 0.3) is 0 Å². The van der Waals surface area contributed by atoms with E-state index in [1.807, 2.05) is 32.1 Å². The highest BCUT2D eigenvalue weighted by Gasteiger charge is 2.22. The number of rotatable bonds is 8. The number of fused-ring (bicyclic) bond motifs is 2. The van der Waals surface area contributed by atoms with Crippen molar-refractivity contribution in [3.63, 3.8) is 0 Å². The van der Waals surface area contributed by atoms with Crippen molar-refractivity contribution in [3.05, 3.63) is 40.2 Å². The second-order valence-electron chi connectivity index (χ2n) is 9.88. The van der Waals surface area contributed by atoms with E-state index >= 15 is 0 Å². The SMILES string of the molecule is CCC(CN(C)C)c1nc2c(s1)CCC=C2.CCN(CC(C)C)C(=O)C(=O)Nc1cncc2cn[nH]c12. The number of amides is 2. The first-order chi connectivity index (χ1) is 17.7. The summed E-state index contributed by atoms with van der Waals surface area (Å²) in [6, 6.07) is 0. The second-order valence-corrected chi connectivity index (χ2v) is 11.0. The third-order valence-electron chi connectivity index (χ3n) is 6.04. The van der Waals surface area contributed by atoms with Crippen LogP contribution in [0.1, 0.15) is 62.0 Å². The molecule has 1 aliphatic rings. The average molecular weight is 526 g/mol. The molecule has 2 N–H and O–H groups in total. The minimum atomic E-state index is -0.665. The van der Waals surface area contributed by atoms with Gasteiger partial charge in [0.2, 0.25) is 0 Å². The zero-order chi connectivity index (χ0) is 26.9. The molecule has 0 radical (unpaired) electrons. The zero-order valence-corrected chi connectivity index (χ0v) is 23.6. The summed E-state index contributed by atoms with van der Waals surface area (Å²) in [5.41, 5.74) is 2.32. The van der Waals surface area contributed by atoms with Crippen molar-refractivity contribution < 1.29 is 9.59 Å². The molecule has 3 heterocycles. The summed E-state index contributed by atoms with van der Waals surface area (Å²) in [6.45, 7) is 10.3. The van der Waals surface area contributed by atoms with Crippen molar-refractivity contribution in [2.75, 3.05) is 39.0 Å². The van der Waals surface area contributed by atoms with E-state index in [-0.39, 0.29) is 0 Å². The Hall–Kier alpha value is -3.11. The largest absolute Gasteiger partial charge is 0.334 e. The van der Waals surface area contributed by atoms with E-state index in [1.54, 1.807) is 12.4 Å². The Balaban J connectivity index is 0.000000213. The number of pyridine rings is 1. The molecule has 9 nitrogen and oxygen atoms in total. The van der Waals surface area contributed by atoms with Crippen molar-refractivity contribution in [3.8, 4) is 0 Å². The molecule has 200 valence electrons. The molecule has 0 fully saturated rings. The van der Waals surface area contributed by atoms with E-state index in [9.17, 15) is 9.59 Å². The highest BCUT2D eigenvalue weighted by Crippen LogP contribution is 2.31. The Labute approximate surface area is 223 Å². The molecule has 0 saturated carbocycles. The maximum atomic E-state index is 12.2. The minimum absolute atomic E-state index is 0.305. The highest BCUT2D eigenvalue weighted by atomic mass is 32.1. The van der Waals surface area contributed by atoms with Gasteiger partial charge in [-0.15, -0.1) is 11.3 Å². The van der Waals surface area contributed by atoms with Crippen LogP contribution in [-0.4, -0.2) is 75.5 Å². The summed E-state index contributed by atoms with van der Waals surface area (Å²) in [7, 11) is 4.27. The lowest BCUT2D eigenvalue weighted by Gasteiger charge is -2.22. The van der Waals surface area contributed by atoms with Gasteiger partial charge in [-0.25, -0.2) is 4.98 Å². The number of allylic oxidation sites excluding steroid dienone is 1. The Morgan fingerprint density at radius 2 is 1.95 bits per heavy atom. The number of aromatic nitrogens is 4. The molecule has 4 rings (SSSR count). The van der Waals surface area contributed by atoms with Gasteiger partial charge in [0, 0.05) is 42.0 Å². The van der Waals surface area contributed by atoms with E-state index in [0.717, 1.165) is 11.9 Å². The summed E-state index contributed by atoms with van der Waals surface area (Å²) in [5, 5.41) is 11.4. The van der Waals surface area contributed by atoms with Crippen LogP contribution < -0.4 is 5.32 Å². The van der Waals surface area contributed by atoms with E-state index in [4.69, 9.17) is 4.98 Å². The van der Waals surface area contributed by atoms with Crippen LogP contribution in [0.3, 0.4) is 0 Å². The zero-order valence-electron chi connectivity index (χ0n) is 22.7. The van der Waals surface area contributed by atoms with Crippen molar-refractivity contribution in [1.82, 2.24) is 30.0 Å². The van der Waals surface area contributed by atoms with Crippen LogP contribution in [0, 0.1) is 5.92 Å². The number of nitrogens with zero attached hydrogens (tertiary/aromatic N) is 5. The van der Waals surface area contributed by atoms with E-state index < -0.39 is 11.8 Å². The van der Waals surface area contributed by atoms with E-state index in [2.05, 4.69) is 58.6 Å². The Morgan fingerprint density at radius 3 is 2.59 bits per heavy atom. The first kappa shape index (κ1) is 28.5. The lowest BCUT2D eigenvalue weighted by atomic mass is 10.1. The van der Waals surface area contributed by atoms with Gasteiger partial charge in [-0.1, -0.05) is 26.8 Å². The first-order valence-corrected chi connectivity index (χ1v) is 13.7. The van der Waals surface area contributed by atoms with Gasteiger partial charge in [0.05, 0.1) is 34.3 Å². The molecular weight excluding hydrogens is 486 g/mol. The summed E-state index contributed by atoms with van der Waals surface area (Å²) >= 11 is 1.92. The topological polar surface area (TPSA) is 107 Å². The van der Waals surface area contributed by atoms with E-state index in [1.165, 1.54) is 45.9 Å². The van der Waals surface area contributed by atoms with Crippen molar-refractivity contribution in [1.29, 1.82) is 0 Å². The fourth-order valence-corrected chi connectivity index (χ4v) is 5.42. The molecule has 1 unspecified atom stereocenters. The van der Waals surface area contributed by atoms with Gasteiger partial charge >= 0.3 is 11.8 Å². The number of likely N-dealkylation sites (N-methyl/N-ethyl adjacent to an activating group) is 2. The van der Waals surface area contributed by atoms with Gasteiger partial charge in [-0.05, 0) is 52.3 Å². The predicted octanol–water partition coefficient (Wildman–Crippen LogP) is 4.56. The fraction of sp³-hybridized carbons (Fsp3) is 0.519. The third-order valence-corrected chi connectivity index (χ3v) is 7.33. The molecule has 37 heavy (non-hydrogen) atoms. The molecular formula is C27H39N7O2S. The van der Waals surface area contributed by atoms with Crippen LogP contribution in [-0.2, 0) is 16.0 Å². The Kier molecular flexibility index (Phi) is 10.3. The predicted molar refractivity (Wildman–Crippen MR) is 151 cm³/mol. The van der Waals surface area contributed by atoms with Crippen LogP contribution in [0.25, 0.3) is 17.0 Å². The fourth-order valence-electron chi connectivity index (χ4n) is 4.17. The number of hydrogen-bond donors (Lipinski definition) is 2. The molecule has 10 heteroatoms. The van der Waals surface area contributed by atoms with Crippen LogP contribution in [0.15, 0.2) is 24.7 Å². The number of hydrogen-bond acceptors (Lipinski definition) is 7. The maximum absolute atomic E-state index is 12.2. The van der Waals surface area contributed by atoms with Crippen LogP contribution in [0.5, 0.6) is 0 Å². The third kappa shape index (κ3) is 7.69. The van der Waals surface area contributed by atoms with Gasteiger partial charge in [0.1, 0.15) is 0 Å². The molecule has 3 aromatic heterocycles. The lowest BCUT2D eigenvalue weighted by molar-refractivity contribution is -0.143. The molecule has 0 bridgehead atoms. The molecule has 0 saturated heterocycles. The molecule has 0 aromatic carbocycles. The maximum Gasteiger partial charge on any atom is 0.314 e. The molecule has 2 amide bonds. The summed E-state index contributed by atoms with van der Waals surface area (Å²) < 4.78 is 0. The van der Waals surface area contributed by atoms with Crippen LogP contribution >= 0.6 is 11.3 Å². The molecule has 0 aliphatic heterocycles.